The molecule has 0 bridgehead atoms. The molecule has 0 unspecified atom stereocenters. The number of rotatable bonds is 5. The lowest BCUT2D eigenvalue weighted by atomic mass is 9.98. The monoisotopic (exact) mass is 437 g/mol. The molecule has 0 atom stereocenters. The largest absolute Gasteiger partial charge is 0.461 e. The van der Waals surface area contributed by atoms with Crippen LogP contribution in [0.15, 0.2) is 41.5 Å². The van der Waals surface area contributed by atoms with Gasteiger partial charge in [-0.3, -0.25) is 0 Å². The molecule has 1 N–H and O–H groups in total. The van der Waals surface area contributed by atoms with Crippen LogP contribution in [0.25, 0.3) is 27.3 Å². The molecule has 3 rings (SSSR count). The van der Waals surface area contributed by atoms with Crippen molar-refractivity contribution in [2.45, 2.75) is 39.7 Å². The van der Waals surface area contributed by atoms with E-state index in [9.17, 15) is 9.59 Å². The third kappa shape index (κ3) is 5.50. The van der Waals surface area contributed by atoms with Crippen molar-refractivity contribution in [3.05, 3.63) is 58.1 Å². The Bertz CT molecular complexity index is 1070. The molecule has 2 heterocycles. The number of carbonyl (C=O) groups excluding carboxylic acids is 2. The van der Waals surface area contributed by atoms with Gasteiger partial charge in [0.15, 0.2) is 0 Å². The summed E-state index contributed by atoms with van der Waals surface area (Å²) < 4.78 is 10.5. The van der Waals surface area contributed by atoms with E-state index in [2.05, 4.69) is 15.0 Å². The fourth-order valence-electron chi connectivity index (χ4n) is 3.37. The predicted octanol–water partition coefficient (Wildman–Crippen LogP) is 5.82. The van der Waals surface area contributed by atoms with E-state index >= 15 is 0 Å². The number of aromatic amines is 1. The van der Waals surface area contributed by atoms with Crippen LogP contribution in [-0.4, -0.2) is 47.2 Å². The highest BCUT2D eigenvalue weighted by Gasteiger charge is 2.24. The average molecular weight is 438 g/mol. The van der Waals surface area contributed by atoms with Gasteiger partial charge in [0, 0.05) is 23.7 Å². The minimum atomic E-state index is -0.570. The van der Waals surface area contributed by atoms with Crippen molar-refractivity contribution in [2.24, 2.45) is 5.11 Å². The number of carbonyl (C=O) groups is 2. The summed E-state index contributed by atoms with van der Waals surface area (Å²) in [5, 5.41) is 3.59. The molecule has 2 aromatic rings. The zero-order valence-corrected chi connectivity index (χ0v) is 18.7. The molecule has 0 radical (unpaired) electrons. The number of amides is 1. The minimum Gasteiger partial charge on any atom is -0.461 e. The van der Waals surface area contributed by atoms with Gasteiger partial charge < -0.3 is 19.4 Å². The maximum absolute atomic E-state index is 12.2. The first-order valence-corrected chi connectivity index (χ1v) is 10.4. The van der Waals surface area contributed by atoms with E-state index in [0.29, 0.717) is 18.8 Å². The number of aromatic nitrogens is 1. The lowest BCUT2D eigenvalue weighted by Crippen LogP contribution is -2.39. The third-order valence-corrected chi connectivity index (χ3v) is 4.86. The molecule has 1 aliphatic rings. The Hall–Kier alpha value is -3.71. The van der Waals surface area contributed by atoms with Crippen LogP contribution in [-0.2, 0) is 9.47 Å². The fraction of sp³-hybridized carbons (Fsp3) is 0.391. The van der Waals surface area contributed by atoms with Crippen LogP contribution in [0.5, 0.6) is 0 Å². The summed E-state index contributed by atoms with van der Waals surface area (Å²) in [6.45, 7) is 8.59. The number of H-pyrrole nitrogens is 1. The quantitative estimate of drug-likeness (QED) is 0.274. The number of hydrogen-bond acceptors (Lipinski definition) is 5. The molecule has 1 amide bonds. The molecule has 0 aliphatic carbocycles. The summed E-state index contributed by atoms with van der Waals surface area (Å²) >= 11 is 0. The van der Waals surface area contributed by atoms with Crippen molar-refractivity contribution < 1.29 is 19.1 Å². The smallest absolute Gasteiger partial charge is 0.410 e. The highest BCUT2D eigenvalue weighted by molar-refractivity contribution is 5.94. The molecule has 9 heteroatoms. The van der Waals surface area contributed by atoms with Crippen LogP contribution in [0.2, 0.25) is 0 Å². The second-order valence-electron chi connectivity index (χ2n) is 8.34. The molecular weight excluding hydrogens is 410 g/mol. The number of benzene rings is 1. The number of nitrogens with zero attached hydrogens (tertiary/aromatic N) is 4. The third-order valence-electron chi connectivity index (χ3n) is 4.86. The zero-order chi connectivity index (χ0) is 23.3. The Morgan fingerprint density at radius 3 is 2.47 bits per heavy atom. The standard InChI is InChI=1S/C23H27N5O4/c1-5-31-21(29)20-19(26-27-24)14-18(25-20)17-8-6-15(7-9-17)16-10-12-28(13-11-16)22(30)32-23(2,3)4/h6-10,14,25H,5,11-13H2,1-4H3. The first-order valence-electron chi connectivity index (χ1n) is 10.4. The molecule has 32 heavy (non-hydrogen) atoms. The van der Waals surface area contributed by atoms with Gasteiger partial charge in [-0.1, -0.05) is 35.5 Å². The fourth-order valence-corrected chi connectivity index (χ4v) is 3.37. The van der Waals surface area contributed by atoms with Crippen LogP contribution in [0.3, 0.4) is 0 Å². The number of ether oxygens (including phenoxy) is 2. The molecule has 168 valence electrons. The topological polar surface area (TPSA) is 120 Å². The molecule has 0 saturated heterocycles. The van der Waals surface area contributed by atoms with Gasteiger partial charge in [0.1, 0.15) is 11.3 Å². The van der Waals surface area contributed by atoms with Gasteiger partial charge in [0.05, 0.1) is 12.3 Å². The molecule has 9 nitrogen and oxygen atoms in total. The van der Waals surface area contributed by atoms with Crippen molar-refractivity contribution in [1.29, 1.82) is 0 Å². The number of esters is 1. The van der Waals surface area contributed by atoms with E-state index in [1.54, 1.807) is 17.9 Å². The van der Waals surface area contributed by atoms with Crippen LogP contribution >= 0.6 is 0 Å². The average Bonchev–Trinajstić information content (AvgIpc) is 3.17. The normalized spacial score (nSPS) is 13.8. The Kier molecular flexibility index (Phi) is 6.90. The molecule has 1 aromatic carbocycles. The molecule has 1 aromatic heterocycles. The zero-order valence-electron chi connectivity index (χ0n) is 18.7. The molecule has 0 saturated carbocycles. The SMILES string of the molecule is CCOC(=O)c1[nH]c(-c2ccc(C3=CCN(C(=O)OC(C)(C)C)CC3)cc2)cc1N=[N+]=[N-]. The van der Waals surface area contributed by atoms with Gasteiger partial charge in [-0.05, 0) is 62.4 Å². The first-order chi connectivity index (χ1) is 15.2. The second-order valence-corrected chi connectivity index (χ2v) is 8.34. The molecule has 0 spiro atoms. The van der Waals surface area contributed by atoms with E-state index in [1.807, 2.05) is 51.1 Å². The van der Waals surface area contributed by atoms with E-state index in [-0.39, 0.29) is 24.1 Å². The summed E-state index contributed by atoms with van der Waals surface area (Å²) in [6.07, 6.45) is 2.47. The van der Waals surface area contributed by atoms with Crippen molar-refractivity contribution >= 4 is 23.3 Å². The maximum Gasteiger partial charge on any atom is 0.410 e. The van der Waals surface area contributed by atoms with Gasteiger partial charge in [0.2, 0.25) is 0 Å². The highest BCUT2D eigenvalue weighted by atomic mass is 16.6. The van der Waals surface area contributed by atoms with Crippen molar-refractivity contribution in [3.63, 3.8) is 0 Å². The Morgan fingerprint density at radius 2 is 1.91 bits per heavy atom. The number of nitrogens with one attached hydrogen (secondary N) is 1. The predicted molar refractivity (Wildman–Crippen MR) is 121 cm³/mol. The number of hydrogen-bond donors (Lipinski definition) is 1. The van der Waals surface area contributed by atoms with Crippen LogP contribution < -0.4 is 0 Å². The second kappa shape index (κ2) is 9.62. The molecule has 1 aliphatic heterocycles. The minimum absolute atomic E-state index is 0.126. The van der Waals surface area contributed by atoms with Gasteiger partial charge >= 0.3 is 12.1 Å². The number of azide groups is 1. The van der Waals surface area contributed by atoms with Crippen LogP contribution in [0.1, 0.15) is 50.2 Å². The lowest BCUT2D eigenvalue weighted by Gasteiger charge is -2.29. The van der Waals surface area contributed by atoms with Crippen molar-refractivity contribution in [1.82, 2.24) is 9.88 Å². The van der Waals surface area contributed by atoms with E-state index in [4.69, 9.17) is 15.0 Å². The lowest BCUT2D eigenvalue weighted by molar-refractivity contribution is 0.0270. The van der Waals surface area contributed by atoms with E-state index in [1.165, 1.54) is 0 Å². The summed E-state index contributed by atoms with van der Waals surface area (Å²) in [5.41, 5.74) is 12.3. The van der Waals surface area contributed by atoms with Crippen LogP contribution in [0.4, 0.5) is 10.5 Å². The van der Waals surface area contributed by atoms with E-state index < -0.39 is 11.6 Å². The Morgan fingerprint density at radius 1 is 1.22 bits per heavy atom. The highest BCUT2D eigenvalue weighted by Crippen LogP contribution is 2.30. The summed E-state index contributed by atoms with van der Waals surface area (Å²) in [6, 6.07) is 9.46. The van der Waals surface area contributed by atoms with Crippen molar-refractivity contribution in [3.8, 4) is 11.3 Å². The van der Waals surface area contributed by atoms with Gasteiger partial charge in [-0.25, -0.2) is 9.59 Å². The molecule has 0 fully saturated rings. The summed E-state index contributed by atoms with van der Waals surface area (Å²) in [7, 11) is 0. The molecular formula is C23H27N5O4. The van der Waals surface area contributed by atoms with E-state index in [0.717, 1.165) is 23.1 Å². The van der Waals surface area contributed by atoms with Gasteiger partial charge in [-0.15, -0.1) is 0 Å². The van der Waals surface area contributed by atoms with Crippen molar-refractivity contribution in [2.75, 3.05) is 19.7 Å². The summed E-state index contributed by atoms with van der Waals surface area (Å²) in [5.74, 6) is -0.570. The van der Waals surface area contributed by atoms with Gasteiger partial charge in [-0.2, -0.15) is 0 Å². The Labute approximate surface area is 186 Å². The van der Waals surface area contributed by atoms with Crippen LogP contribution in [0, 0.1) is 0 Å². The van der Waals surface area contributed by atoms with Gasteiger partial charge in [0.25, 0.3) is 0 Å². The Balaban J connectivity index is 1.75. The first kappa shape index (κ1) is 23.0. The maximum atomic E-state index is 12.2. The summed E-state index contributed by atoms with van der Waals surface area (Å²) in [4.78, 5) is 31.8.